The molecule has 2 aromatic carbocycles. The lowest BCUT2D eigenvalue weighted by Gasteiger charge is -2.29. The Morgan fingerprint density at radius 2 is 1.54 bits per heavy atom. The van der Waals surface area contributed by atoms with E-state index in [0.29, 0.717) is 19.6 Å². The van der Waals surface area contributed by atoms with Gasteiger partial charge in [0.1, 0.15) is 18.1 Å². The van der Waals surface area contributed by atoms with Crippen molar-refractivity contribution in [1.82, 2.24) is 0 Å². The average molecular weight is 478 g/mol. The molecule has 2 aromatic rings. The molecule has 35 heavy (non-hydrogen) atoms. The van der Waals surface area contributed by atoms with Crippen LogP contribution >= 0.6 is 0 Å². The minimum Gasteiger partial charge on any atom is -0.486 e. The second-order valence-corrected chi connectivity index (χ2v) is 10.2. The van der Waals surface area contributed by atoms with Crippen molar-refractivity contribution in [3.63, 3.8) is 0 Å². The van der Waals surface area contributed by atoms with Gasteiger partial charge in [-0.05, 0) is 86.1 Å². The number of hydrogen-bond donors (Lipinski definition) is 0. The number of carbonyl (C=O) groups excluding carboxylic acids is 2. The van der Waals surface area contributed by atoms with Gasteiger partial charge in [-0.15, -0.1) is 0 Å². The first-order chi connectivity index (χ1) is 17.1. The number of rotatable bonds is 8. The maximum absolute atomic E-state index is 12.1. The number of carbonyl (C=O) groups is 2. The van der Waals surface area contributed by atoms with Crippen LogP contribution in [-0.2, 0) is 33.6 Å². The van der Waals surface area contributed by atoms with E-state index in [4.69, 9.17) is 14.2 Å². The van der Waals surface area contributed by atoms with Crippen molar-refractivity contribution in [2.75, 3.05) is 38.4 Å². The standard InChI is InChI=1S/C16H21NO3.C13H14O2/c1-19-8-2-7-17-14-10-13(9-12-3-4-12)5-6-15(14)20-11-16(17)18;14-12-7-11-6-10(5-9-1-2-9)3-4-13(11)15-8-12/h5-6,10,12H,2-4,7-9,11H2,1H3;3-4,6,9H,1-2,5,7-8H2. The van der Waals surface area contributed by atoms with E-state index in [-0.39, 0.29) is 24.9 Å². The van der Waals surface area contributed by atoms with Gasteiger partial charge < -0.3 is 19.1 Å². The summed E-state index contributed by atoms with van der Waals surface area (Å²) in [6.07, 6.45) is 9.09. The van der Waals surface area contributed by atoms with Crippen LogP contribution in [0, 0.1) is 11.8 Å². The number of Topliss-reactive ketones (excluding diaryl/α,β-unsaturated/α-hetero) is 1. The molecule has 0 aromatic heterocycles. The van der Waals surface area contributed by atoms with E-state index >= 15 is 0 Å². The van der Waals surface area contributed by atoms with Crippen LogP contribution < -0.4 is 14.4 Å². The summed E-state index contributed by atoms with van der Waals surface area (Å²) >= 11 is 0. The molecule has 0 spiro atoms. The van der Waals surface area contributed by atoms with Crippen molar-refractivity contribution in [1.29, 1.82) is 0 Å². The second-order valence-electron chi connectivity index (χ2n) is 10.2. The van der Waals surface area contributed by atoms with Gasteiger partial charge in [-0.25, -0.2) is 0 Å². The number of fused-ring (bicyclic) bond motifs is 2. The molecule has 6 nitrogen and oxygen atoms in total. The maximum atomic E-state index is 12.1. The molecule has 2 saturated carbocycles. The molecule has 6 heteroatoms. The Morgan fingerprint density at radius 3 is 2.23 bits per heavy atom. The minimum absolute atomic E-state index is 0.0391. The Kier molecular flexibility index (Phi) is 7.37. The monoisotopic (exact) mass is 477 g/mol. The molecule has 4 aliphatic rings. The van der Waals surface area contributed by atoms with Crippen LogP contribution in [0.25, 0.3) is 0 Å². The number of ether oxygens (including phenoxy) is 3. The first-order valence-corrected chi connectivity index (χ1v) is 12.9. The zero-order valence-electron chi connectivity index (χ0n) is 20.6. The number of ketones is 1. The van der Waals surface area contributed by atoms with E-state index in [1.54, 1.807) is 7.11 Å². The molecule has 1 amide bonds. The highest BCUT2D eigenvalue weighted by Gasteiger charge is 2.27. The maximum Gasteiger partial charge on any atom is 0.265 e. The topological polar surface area (TPSA) is 65.1 Å². The number of benzene rings is 2. The van der Waals surface area contributed by atoms with Crippen LogP contribution in [0.4, 0.5) is 5.69 Å². The molecule has 0 radical (unpaired) electrons. The summed E-state index contributed by atoms with van der Waals surface area (Å²) in [5.41, 5.74) is 4.66. The highest BCUT2D eigenvalue weighted by atomic mass is 16.5. The van der Waals surface area contributed by atoms with Crippen molar-refractivity contribution in [2.24, 2.45) is 11.8 Å². The molecular formula is C29H35NO5. The molecule has 2 aliphatic carbocycles. The predicted octanol–water partition coefficient (Wildman–Crippen LogP) is 4.54. The second kappa shape index (κ2) is 10.8. The Bertz CT molecular complexity index is 1070. The third-order valence-electron chi connectivity index (χ3n) is 7.04. The van der Waals surface area contributed by atoms with Gasteiger partial charge in [0.15, 0.2) is 12.4 Å². The lowest BCUT2D eigenvalue weighted by Crippen LogP contribution is -2.39. The molecular weight excluding hydrogens is 442 g/mol. The summed E-state index contributed by atoms with van der Waals surface area (Å²) in [6.45, 7) is 1.74. The van der Waals surface area contributed by atoms with Crippen molar-refractivity contribution < 1.29 is 23.8 Å². The third-order valence-corrected chi connectivity index (χ3v) is 7.04. The summed E-state index contributed by atoms with van der Waals surface area (Å²) < 4.78 is 16.0. The van der Waals surface area contributed by atoms with Gasteiger partial charge in [-0.1, -0.05) is 18.2 Å². The summed E-state index contributed by atoms with van der Waals surface area (Å²) in [6, 6.07) is 12.5. The van der Waals surface area contributed by atoms with E-state index in [1.165, 1.54) is 43.2 Å². The largest absolute Gasteiger partial charge is 0.486 e. The van der Waals surface area contributed by atoms with Gasteiger partial charge >= 0.3 is 0 Å². The van der Waals surface area contributed by atoms with E-state index in [1.807, 2.05) is 17.0 Å². The summed E-state index contributed by atoms with van der Waals surface area (Å²) in [7, 11) is 1.68. The molecule has 0 N–H and O–H groups in total. The molecule has 186 valence electrons. The molecule has 0 saturated heterocycles. The van der Waals surface area contributed by atoms with Gasteiger partial charge in [0.25, 0.3) is 5.91 Å². The van der Waals surface area contributed by atoms with E-state index < -0.39 is 0 Å². The zero-order chi connectivity index (χ0) is 24.2. The SMILES string of the molecule is COCCCN1C(=O)COc2ccc(CC3CC3)cc21.O=C1COc2ccc(CC3CC3)cc2C1. The highest BCUT2D eigenvalue weighted by Crippen LogP contribution is 2.37. The first-order valence-electron chi connectivity index (χ1n) is 12.9. The first kappa shape index (κ1) is 23.9. The number of methoxy groups -OCH3 is 1. The van der Waals surface area contributed by atoms with Gasteiger partial charge in [0, 0.05) is 32.2 Å². The number of amides is 1. The Balaban J connectivity index is 0.000000151. The summed E-state index contributed by atoms with van der Waals surface area (Å²) in [5, 5.41) is 0. The van der Waals surface area contributed by atoms with Crippen LogP contribution in [-0.4, -0.2) is 45.2 Å². The van der Waals surface area contributed by atoms with Crippen molar-refractivity contribution in [3.05, 3.63) is 53.1 Å². The van der Waals surface area contributed by atoms with Gasteiger partial charge in [0.05, 0.1) is 5.69 Å². The highest BCUT2D eigenvalue weighted by molar-refractivity contribution is 5.97. The molecule has 2 aliphatic heterocycles. The van der Waals surface area contributed by atoms with Gasteiger partial charge in [-0.3, -0.25) is 9.59 Å². The van der Waals surface area contributed by atoms with Crippen LogP contribution in [0.5, 0.6) is 11.5 Å². The number of nitrogens with zero attached hydrogens (tertiary/aromatic N) is 1. The molecule has 0 bridgehead atoms. The minimum atomic E-state index is 0.0391. The summed E-state index contributed by atoms with van der Waals surface area (Å²) in [4.78, 5) is 25.1. The third kappa shape index (κ3) is 6.43. The normalized spacial score (nSPS) is 18.6. The van der Waals surface area contributed by atoms with Crippen molar-refractivity contribution in [3.8, 4) is 11.5 Å². The van der Waals surface area contributed by atoms with E-state index in [2.05, 4.69) is 24.3 Å². The van der Waals surface area contributed by atoms with Crippen LogP contribution in [0.3, 0.4) is 0 Å². The smallest absolute Gasteiger partial charge is 0.265 e. The quantitative estimate of drug-likeness (QED) is 0.522. The Morgan fingerprint density at radius 1 is 0.886 bits per heavy atom. The van der Waals surface area contributed by atoms with Gasteiger partial charge in [0.2, 0.25) is 0 Å². The lowest BCUT2D eigenvalue weighted by atomic mass is 10.00. The fourth-order valence-corrected chi connectivity index (χ4v) is 4.76. The lowest BCUT2D eigenvalue weighted by molar-refractivity contribution is -0.122. The van der Waals surface area contributed by atoms with E-state index in [9.17, 15) is 9.59 Å². The molecule has 0 atom stereocenters. The van der Waals surface area contributed by atoms with Crippen LogP contribution in [0.15, 0.2) is 36.4 Å². The van der Waals surface area contributed by atoms with Crippen LogP contribution in [0.1, 0.15) is 48.8 Å². The Labute approximate surface area is 207 Å². The van der Waals surface area contributed by atoms with Gasteiger partial charge in [-0.2, -0.15) is 0 Å². The number of anilines is 1. The fraction of sp³-hybridized carbons (Fsp3) is 0.517. The van der Waals surface area contributed by atoms with Crippen molar-refractivity contribution >= 4 is 17.4 Å². The molecule has 2 fully saturated rings. The zero-order valence-corrected chi connectivity index (χ0v) is 20.6. The average Bonchev–Trinajstić information content (AvgIpc) is 3.79. The van der Waals surface area contributed by atoms with Crippen LogP contribution in [0.2, 0.25) is 0 Å². The predicted molar refractivity (Wildman–Crippen MR) is 134 cm³/mol. The molecule has 2 heterocycles. The summed E-state index contributed by atoms with van der Waals surface area (Å²) in [5.74, 6) is 3.68. The fourth-order valence-electron chi connectivity index (χ4n) is 4.76. The van der Waals surface area contributed by atoms with E-state index in [0.717, 1.165) is 47.4 Å². The van der Waals surface area contributed by atoms with Crippen molar-refractivity contribution in [2.45, 2.75) is 51.4 Å². The molecule has 0 unspecified atom stereocenters. The number of hydrogen-bond acceptors (Lipinski definition) is 5. The molecule has 6 rings (SSSR count). The Hall–Kier alpha value is -2.86.